The Bertz CT molecular complexity index is 1730. The second-order valence-corrected chi connectivity index (χ2v) is 27.8. The smallest absolute Gasteiger partial charge is 0.305 e. The molecule has 0 aromatic rings. The Morgan fingerprint density at radius 3 is 1.10 bits per heavy atom. The first kappa shape index (κ1) is 88.4. The highest BCUT2D eigenvalue weighted by Crippen LogP contribution is 2.24. The Morgan fingerprint density at radius 1 is 0.398 bits per heavy atom. The van der Waals surface area contributed by atoms with Gasteiger partial charge in [0.25, 0.3) is 0 Å². The maximum absolute atomic E-state index is 13.0. The molecule has 11 heteroatoms. The molecule has 11 nitrogen and oxygen atoms in total. The summed E-state index contributed by atoms with van der Waals surface area (Å²) < 4.78 is 16.7. The van der Waals surface area contributed by atoms with Gasteiger partial charge in [-0.25, -0.2) is 0 Å². The monoisotopic (exact) mass is 1310 g/mol. The van der Waals surface area contributed by atoms with E-state index in [4.69, 9.17) is 14.2 Å². The van der Waals surface area contributed by atoms with Crippen molar-refractivity contribution >= 4 is 11.9 Å². The number of unbranched alkanes of at least 4 members (excludes halogenated alkanes) is 49. The molecular formula is C82H151NO10. The molecule has 0 radical (unpaired) electrons. The normalized spacial score (nSPS) is 17.8. The summed E-state index contributed by atoms with van der Waals surface area (Å²) in [6, 6.07) is -0.807. The Morgan fingerprint density at radius 2 is 0.720 bits per heavy atom. The molecule has 7 atom stereocenters. The molecule has 0 saturated carbocycles. The number of carbonyl (C=O) groups is 2. The molecule has 0 aliphatic carbocycles. The number of aliphatic hydroxyl groups is 5. The van der Waals surface area contributed by atoms with E-state index in [0.29, 0.717) is 19.4 Å². The SMILES string of the molecule is CCCCCC/C=C\C/C=C\CCCCCCCC(=O)OCCCCCCCCCCCCCCCCC/C=C\C/C=C\CCCCCCCCCCCCCCCCCCCC(=O)NC(COC1OC(CO)C(O)C(O)C1O)C(O)/C=C/CCCCCCCCCC. The first-order valence-corrected chi connectivity index (χ1v) is 40.1. The second-order valence-electron chi connectivity index (χ2n) is 27.8. The minimum atomic E-state index is -1.57. The Balaban J connectivity index is 1.87. The van der Waals surface area contributed by atoms with Crippen molar-refractivity contribution in [2.45, 2.75) is 429 Å². The maximum atomic E-state index is 13.0. The average molecular weight is 1310 g/mol. The summed E-state index contributed by atoms with van der Waals surface area (Å²) in [4.78, 5) is 25.1. The lowest BCUT2D eigenvalue weighted by Crippen LogP contribution is -2.60. The van der Waals surface area contributed by atoms with Gasteiger partial charge in [0.1, 0.15) is 24.4 Å². The van der Waals surface area contributed by atoms with Gasteiger partial charge in [-0.3, -0.25) is 9.59 Å². The van der Waals surface area contributed by atoms with Gasteiger partial charge in [-0.15, -0.1) is 0 Å². The third-order valence-corrected chi connectivity index (χ3v) is 18.8. The van der Waals surface area contributed by atoms with Crippen molar-refractivity contribution in [2.24, 2.45) is 0 Å². The molecule has 0 aromatic carbocycles. The summed E-state index contributed by atoms with van der Waals surface area (Å²) in [5.41, 5.74) is 0. The van der Waals surface area contributed by atoms with Gasteiger partial charge in [0.05, 0.1) is 32.0 Å². The van der Waals surface area contributed by atoms with E-state index < -0.39 is 49.5 Å². The number of rotatable bonds is 71. The molecule has 0 aromatic heterocycles. The van der Waals surface area contributed by atoms with E-state index in [-0.39, 0.29) is 18.5 Å². The molecule has 7 unspecified atom stereocenters. The molecule has 1 fully saturated rings. The Hall–Kier alpha value is -2.64. The predicted molar refractivity (Wildman–Crippen MR) is 393 cm³/mol. The Labute approximate surface area is 573 Å². The number of allylic oxidation sites excluding steroid dienone is 9. The van der Waals surface area contributed by atoms with E-state index in [1.807, 2.05) is 6.08 Å². The maximum Gasteiger partial charge on any atom is 0.305 e. The lowest BCUT2D eigenvalue weighted by Gasteiger charge is -2.40. The molecular weight excluding hydrogens is 1160 g/mol. The fourth-order valence-electron chi connectivity index (χ4n) is 12.6. The fourth-order valence-corrected chi connectivity index (χ4v) is 12.6. The summed E-state index contributed by atoms with van der Waals surface area (Å²) in [5, 5.41) is 54.4. The highest BCUT2D eigenvalue weighted by molar-refractivity contribution is 5.76. The van der Waals surface area contributed by atoms with Crippen molar-refractivity contribution in [3.8, 4) is 0 Å². The van der Waals surface area contributed by atoms with E-state index in [1.54, 1.807) is 6.08 Å². The van der Waals surface area contributed by atoms with Crippen LogP contribution in [0.15, 0.2) is 60.8 Å². The van der Waals surface area contributed by atoms with Crippen LogP contribution in [0, 0.1) is 0 Å². The summed E-state index contributed by atoms with van der Waals surface area (Å²) in [6.07, 6.45) is 85.5. The van der Waals surface area contributed by atoms with Gasteiger partial charge in [-0.05, 0) is 96.3 Å². The van der Waals surface area contributed by atoms with Gasteiger partial charge in [-0.2, -0.15) is 0 Å². The Kier molecular flexibility index (Phi) is 67.2. The lowest BCUT2D eigenvalue weighted by molar-refractivity contribution is -0.302. The molecule has 1 rings (SSSR count). The van der Waals surface area contributed by atoms with Crippen LogP contribution in [0.2, 0.25) is 0 Å². The van der Waals surface area contributed by atoms with Crippen LogP contribution < -0.4 is 5.32 Å². The number of aliphatic hydroxyl groups excluding tert-OH is 5. The zero-order valence-corrected chi connectivity index (χ0v) is 60.7. The van der Waals surface area contributed by atoms with Crippen LogP contribution in [0.4, 0.5) is 0 Å². The predicted octanol–water partition coefficient (Wildman–Crippen LogP) is 21.6. The van der Waals surface area contributed by atoms with Gasteiger partial charge >= 0.3 is 5.97 Å². The van der Waals surface area contributed by atoms with E-state index >= 15 is 0 Å². The van der Waals surface area contributed by atoms with Crippen LogP contribution in [0.1, 0.15) is 386 Å². The second kappa shape index (κ2) is 70.7. The fraction of sp³-hybridized carbons (Fsp3) is 0.854. The van der Waals surface area contributed by atoms with Crippen molar-refractivity contribution in [3.63, 3.8) is 0 Å². The van der Waals surface area contributed by atoms with Crippen LogP contribution in [0.3, 0.4) is 0 Å². The van der Waals surface area contributed by atoms with Gasteiger partial charge in [0.2, 0.25) is 5.91 Å². The minimum Gasteiger partial charge on any atom is -0.466 e. The standard InChI is InChI=1S/C82H151NO10/c1-3-5-7-9-11-13-15-16-17-44-47-50-54-58-62-66-70-78(87)91-71-67-63-59-55-51-48-45-42-40-38-36-34-32-30-28-26-24-22-20-18-19-21-23-25-27-29-31-33-35-37-39-41-43-46-49-53-57-61-65-69-77(86)83-74(73-92-82-81(90)80(89)79(88)76(72-84)93-82)75(85)68-64-60-56-52-14-12-10-8-6-4-2/h13,15,17-19,22,24,44,64,68,74-76,79-82,84-85,88-90H,3-12,14,16,20-21,23,25-43,45-63,65-67,69-73H2,1-2H3,(H,83,86)/b15-13-,19-18-,24-22-,44-17-,68-64+. The van der Waals surface area contributed by atoms with Gasteiger partial charge in [-0.1, -0.05) is 338 Å². The van der Waals surface area contributed by atoms with Crippen molar-refractivity contribution in [1.29, 1.82) is 0 Å². The number of hydrogen-bond acceptors (Lipinski definition) is 10. The topological polar surface area (TPSA) is 175 Å². The third-order valence-electron chi connectivity index (χ3n) is 18.8. The van der Waals surface area contributed by atoms with E-state index in [0.717, 1.165) is 70.6 Å². The van der Waals surface area contributed by atoms with E-state index in [1.165, 1.54) is 289 Å². The summed E-state index contributed by atoms with van der Waals surface area (Å²) in [5.74, 6) is -0.178. The molecule has 1 amide bonds. The number of amides is 1. The molecule has 1 saturated heterocycles. The van der Waals surface area contributed by atoms with Crippen molar-refractivity contribution in [3.05, 3.63) is 60.8 Å². The average Bonchev–Trinajstić information content (AvgIpc) is 0.927. The van der Waals surface area contributed by atoms with Crippen LogP contribution in [0.5, 0.6) is 0 Å². The van der Waals surface area contributed by atoms with Crippen LogP contribution in [-0.4, -0.2) is 100 Å². The lowest BCUT2D eigenvalue weighted by atomic mass is 9.99. The third kappa shape index (κ3) is 59.2. The zero-order valence-electron chi connectivity index (χ0n) is 60.7. The highest BCUT2D eigenvalue weighted by atomic mass is 16.7. The quantitative estimate of drug-likeness (QED) is 0.0195. The molecule has 0 spiro atoms. The number of ether oxygens (including phenoxy) is 3. The summed E-state index contributed by atoms with van der Waals surface area (Å²) in [6.45, 7) is 4.34. The summed E-state index contributed by atoms with van der Waals surface area (Å²) in [7, 11) is 0. The van der Waals surface area contributed by atoms with Crippen molar-refractivity contribution in [2.75, 3.05) is 19.8 Å². The van der Waals surface area contributed by atoms with E-state index in [9.17, 15) is 35.1 Å². The molecule has 93 heavy (non-hydrogen) atoms. The molecule has 6 N–H and O–H groups in total. The van der Waals surface area contributed by atoms with Crippen molar-refractivity contribution < 1.29 is 49.3 Å². The summed E-state index contributed by atoms with van der Waals surface area (Å²) >= 11 is 0. The molecule has 1 heterocycles. The molecule has 1 aliphatic rings. The molecule has 0 bridgehead atoms. The number of nitrogens with one attached hydrogen (secondary N) is 1. The number of esters is 1. The number of carbonyl (C=O) groups excluding carboxylic acids is 2. The van der Waals surface area contributed by atoms with Gasteiger partial charge in [0.15, 0.2) is 6.29 Å². The largest absolute Gasteiger partial charge is 0.466 e. The van der Waals surface area contributed by atoms with Gasteiger partial charge < -0.3 is 45.1 Å². The molecule has 544 valence electrons. The minimum absolute atomic E-state index is 0.00118. The first-order valence-electron chi connectivity index (χ1n) is 40.1. The van der Waals surface area contributed by atoms with Crippen molar-refractivity contribution in [1.82, 2.24) is 5.32 Å². The van der Waals surface area contributed by atoms with E-state index in [2.05, 4.69) is 67.8 Å². The van der Waals surface area contributed by atoms with Crippen LogP contribution in [0.25, 0.3) is 0 Å². The van der Waals surface area contributed by atoms with Gasteiger partial charge in [0, 0.05) is 12.8 Å². The zero-order chi connectivity index (χ0) is 67.2. The molecule has 1 aliphatic heterocycles. The first-order chi connectivity index (χ1) is 45.7. The highest BCUT2D eigenvalue weighted by Gasteiger charge is 2.44. The van der Waals surface area contributed by atoms with Crippen LogP contribution in [-0.2, 0) is 23.8 Å². The van der Waals surface area contributed by atoms with Crippen LogP contribution >= 0.6 is 0 Å². The number of hydrogen-bond donors (Lipinski definition) is 6.